The van der Waals surface area contributed by atoms with Gasteiger partial charge >= 0.3 is 0 Å². The summed E-state index contributed by atoms with van der Waals surface area (Å²) in [5.41, 5.74) is 2.48. The van der Waals surface area contributed by atoms with Crippen LogP contribution < -0.4 is 10.6 Å². The van der Waals surface area contributed by atoms with E-state index in [9.17, 15) is 4.79 Å². The first-order valence-electron chi connectivity index (χ1n) is 8.80. The van der Waals surface area contributed by atoms with E-state index >= 15 is 0 Å². The van der Waals surface area contributed by atoms with Crippen molar-refractivity contribution in [2.24, 2.45) is 5.92 Å². The highest BCUT2D eigenvalue weighted by Crippen LogP contribution is 2.22. The van der Waals surface area contributed by atoms with Crippen molar-refractivity contribution in [1.82, 2.24) is 10.6 Å². The molecule has 0 spiro atoms. The second-order valence-electron chi connectivity index (χ2n) is 6.64. The minimum Gasteiger partial charge on any atom is -0.368 e. The van der Waals surface area contributed by atoms with Crippen molar-refractivity contribution in [3.63, 3.8) is 0 Å². The topological polar surface area (TPSA) is 50.4 Å². The van der Waals surface area contributed by atoms with Gasteiger partial charge in [0.15, 0.2) is 0 Å². The fourth-order valence-electron chi connectivity index (χ4n) is 2.97. The van der Waals surface area contributed by atoms with E-state index in [2.05, 4.69) is 55.7 Å². The summed E-state index contributed by atoms with van der Waals surface area (Å²) < 4.78 is 5.75. The number of nitrogens with one attached hydrogen (secondary N) is 2. The van der Waals surface area contributed by atoms with Crippen LogP contribution >= 0.6 is 0 Å². The number of piperidine rings is 1. The van der Waals surface area contributed by atoms with E-state index in [4.69, 9.17) is 4.74 Å². The highest BCUT2D eigenvalue weighted by Gasteiger charge is 2.20. The van der Waals surface area contributed by atoms with Crippen molar-refractivity contribution in [3.8, 4) is 0 Å². The monoisotopic (exact) mass is 318 g/mol. The molecule has 1 aliphatic heterocycles. The molecule has 2 rings (SSSR count). The van der Waals surface area contributed by atoms with Crippen LogP contribution in [0.2, 0.25) is 0 Å². The summed E-state index contributed by atoms with van der Waals surface area (Å²) in [5, 5.41) is 6.43. The van der Waals surface area contributed by atoms with Gasteiger partial charge < -0.3 is 15.4 Å². The minimum atomic E-state index is -0.0261. The average molecular weight is 318 g/mol. The lowest BCUT2D eigenvalue weighted by molar-refractivity contribution is -0.129. The molecule has 0 bridgehead atoms. The Morgan fingerprint density at radius 3 is 2.48 bits per heavy atom. The lowest BCUT2D eigenvalue weighted by Crippen LogP contribution is -2.38. The molecule has 1 heterocycles. The lowest BCUT2D eigenvalue weighted by atomic mass is 9.95. The first-order chi connectivity index (χ1) is 11.1. The molecule has 1 fully saturated rings. The zero-order valence-corrected chi connectivity index (χ0v) is 14.6. The summed E-state index contributed by atoms with van der Waals surface area (Å²) in [5.74, 6) is 0.312. The molecule has 1 aromatic rings. The molecule has 4 heteroatoms. The van der Waals surface area contributed by atoms with E-state index in [0.717, 1.165) is 37.9 Å². The second-order valence-corrected chi connectivity index (χ2v) is 6.64. The minimum absolute atomic E-state index is 0.0261. The molecule has 1 amide bonds. The normalized spacial score (nSPS) is 17.2. The number of rotatable bonds is 7. The van der Waals surface area contributed by atoms with Gasteiger partial charge in [-0.1, -0.05) is 45.0 Å². The van der Waals surface area contributed by atoms with Crippen LogP contribution in [0.15, 0.2) is 24.3 Å². The van der Waals surface area contributed by atoms with E-state index in [1.54, 1.807) is 0 Å². The molecular weight excluding hydrogens is 288 g/mol. The molecule has 2 N–H and O–H groups in total. The molecule has 0 radical (unpaired) electrons. The number of hydrogen-bond donors (Lipinski definition) is 2. The Hall–Kier alpha value is -1.39. The van der Waals surface area contributed by atoms with Gasteiger partial charge in [0.05, 0.1) is 12.1 Å². The van der Waals surface area contributed by atoms with Crippen LogP contribution in [0.25, 0.3) is 0 Å². The molecule has 1 saturated heterocycles. The first kappa shape index (κ1) is 18.0. The number of aryl methyl sites for hydroxylation is 1. The lowest BCUT2D eigenvalue weighted by Gasteiger charge is -2.25. The fraction of sp³-hybridized carbons (Fsp3) is 0.632. The molecule has 128 valence electrons. The van der Waals surface area contributed by atoms with Crippen LogP contribution in [-0.2, 0) is 16.0 Å². The van der Waals surface area contributed by atoms with Crippen LogP contribution in [-0.4, -0.2) is 31.7 Å². The van der Waals surface area contributed by atoms with Gasteiger partial charge in [-0.3, -0.25) is 4.79 Å². The van der Waals surface area contributed by atoms with Crippen LogP contribution in [0.3, 0.4) is 0 Å². The van der Waals surface area contributed by atoms with Gasteiger partial charge in [0, 0.05) is 0 Å². The number of ether oxygens (including phenoxy) is 1. The van der Waals surface area contributed by atoms with Crippen molar-refractivity contribution in [2.75, 3.05) is 19.7 Å². The number of carbonyl (C=O) groups is 1. The predicted octanol–water partition coefficient (Wildman–Crippen LogP) is 2.83. The standard InChI is InChI=1S/C19H30N2O2/c1-4-15-5-7-16(8-6-15)19(14(2)3)21-18(22)13-23-17-9-11-20-12-10-17/h5-8,14,17,19-20H,4,9-13H2,1-3H3,(H,21,22). The SMILES string of the molecule is CCc1ccc(C(NC(=O)COC2CCNCC2)C(C)C)cc1. The van der Waals surface area contributed by atoms with Gasteiger partial charge in [-0.05, 0) is 49.4 Å². The number of hydrogen-bond acceptors (Lipinski definition) is 3. The zero-order valence-electron chi connectivity index (χ0n) is 14.6. The first-order valence-corrected chi connectivity index (χ1v) is 8.80. The number of benzene rings is 1. The Morgan fingerprint density at radius 1 is 1.26 bits per heavy atom. The zero-order chi connectivity index (χ0) is 16.7. The molecule has 23 heavy (non-hydrogen) atoms. The fourth-order valence-corrected chi connectivity index (χ4v) is 2.97. The van der Waals surface area contributed by atoms with Crippen LogP contribution in [0.4, 0.5) is 0 Å². The van der Waals surface area contributed by atoms with Crippen molar-refractivity contribution in [3.05, 3.63) is 35.4 Å². The molecule has 1 unspecified atom stereocenters. The summed E-state index contributed by atoms with van der Waals surface area (Å²) in [6, 6.07) is 8.56. The smallest absolute Gasteiger partial charge is 0.246 e. The number of amides is 1. The average Bonchev–Trinajstić information content (AvgIpc) is 2.58. The third kappa shape index (κ3) is 5.63. The van der Waals surface area contributed by atoms with E-state index in [-0.39, 0.29) is 24.7 Å². The van der Waals surface area contributed by atoms with Crippen LogP contribution in [0.5, 0.6) is 0 Å². The van der Waals surface area contributed by atoms with E-state index in [1.165, 1.54) is 5.56 Å². The second kappa shape index (κ2) is 9.04. The van der Waals surface area contributed by atoms with Gasteiger partial charge in [-0.25, -0.2) is 0 Å². The Morgan fingerprint density at radius 2 is 1.91 bits per heavy atom. The predicted molar refractivity (Wildman–Crippen MR) is 93.4 cm³/mol. The van der Waals surface area contributed by atoms with Crippen molar-refractivity contribution in [2.45, 2.75) is 52.2 Å². The molecule has 1 aromatic carbocycles. The summed E-state index contributed by atoms with van der Waals surface area (Å²) >= 11 is 0. The van der Waals surface area contributed by atoms with Crippen LogP contribution in [0, 0.1) is 5.92 Å². The molecule has 0 aromatic heterocycles. The summed E-state index contributed by atoms with van der Waals surface area (Å²) in [4.78, 5) is 12.2. The van der Waals surface area contributed by atoms with E-state index in [0.29, 0.717) is 5.92 Å². The maximum absolute atomic E-state index is 12.2. The van der Waals surface area contributed by atoms with Gasteiger partial charge in [-0.2, -0.15) is 0 Å². The van der Waals surface area contributed by atoms with Gasteiger partial charge in [0.1, 0.15) is 6.61 Å². The van der Waals surface area contributed by atoms with Gasteiger partial charge in [0.25, 0.3) is 0 Å². The number of carbonyl (C=O) groups excluding carboxylic acids is 1. The van der Waals surface area contributed by atoms with Crippen LogP contribution in [0.1, 0.15) is 50.8 Å². The largest absolute Gasteiger partial charge is 0.368 e. The van der Waals surface area contributed by atoms with Gasteiger partial charge in [-0.15, -0.1) is 0 Å². The Kier molecular flexibility index (Phi) is 7.06. The molecular formula is C19H30N2O2. The van der Waals surface area contributed by atoms with Crippen molar-refractivity contribution in [1.29, 1.82) is 0 Å². The molecule has 1 atom stereocenters. The Labute approximate surface area is 140 Å². The third-order valence-electron chi connectivity index (χ3n) is 4.47. The molecule has 4 nitrogen and oxygen atoms in total. The summed E-state index contributed by atoms with van der Waals surface area (Å²) in [7, 11) is 0. The van der Waals surface area contributed by atoms with Crippen molar-refractivity contribution < 1.29 is 9.53 Å². The highest BCUT2D eigenvalue weighted by molar-refractivity contribution is 5.77. The highest BCUT2D eigenvalue weighted by atomic mass is 16.5. The summed E-state index contributed by atoms with van der Waals surface area (Å²) in [6.07, 6.45) is 3.21. The van der Waals surface area contributed by atoms with Crippen molar-refractivity contribution >= 4 is 5.91 Å². The van der Waals surface area contributed by atoms with E-state index in [1.807, 2.05) is 0 Å². The maximum Gasteiger partial charge on any atom is 0.246 e. The quantitative estimate of drug-likeness (QED) is 0.813. The van der Waals surface area contributed by atoms with E-state index < -0.39 is 0 Å². The Bertz CT molecular complexity index is 479. The maximum atomic E-state index is 12.2. The summed E-state index contributed by atoms with van der Waals surface area (Å²) in [6.45, 7) is 8.52. The molecule has 0 aliphatic carbocycles. The molecule has 0 saturated carbocycles. The van der Waals surface area contributed by atoms with Gasteiger partial charge in [0.2, 0.25) is 5.91 Å². The molecule has 1 aliphatic rings. The Balaban J connectivity index is 1.88. The third-order valence-corrected chi connectivity index (χ3v) is 4.47.